The van der Waals surface area contributed by atoms with E-state index in [-0.39, 0.29) is 24.2 Å². The van der Waals surface area contributed by atoms with Gasteiger partial charge in [0.15, 0.2) is 0 Å². The molecule has 1 aliphatic rings. The number of hydrogen-bond donors (Lipinski definition) is 1. The number of para-hydroxylation sites is 1. The van der Waals surface area contributed by atoms with Crippen LogP contribution in [0.25, 0.3) is 0 Å². The lowest BCUT2D eigenvalue weighted by atomic mass is 10.1. The van der Waals surface area contributed by atoms with Gasteiger partial charge in [-0.25, -0.2) is 0 Å². The molecule has 5 nitrogen and oxygen atoms in total. The van der Waals surface area contributed by atoms with Gasteiger partial charge in [-0.2, -0.15) is 0 Å². The van der Waals surface area contributed by atoms with Crippen LogP contribution < -0.4 is 15.0 Å². The van der Waals surface area contributed by atoms with Crippen molar-refractivity contribution < 1.29 is 14.3 Å². The lowest BCUT2D eigenvalue weighted by Gasteiger charge is -2.17. The second kappa shape index (κ2) is 8.71. The highest BCUT2D eigenvalue weighted by atomic mass is 79.9. The zero-order chi connectivity index (χ0) is 21.1. The number of halogens is 1. The van der Waals surface area contributed by atoms with Crippen LogP contribution in [-0.2, 0) is 9.59 Å². The molecule has 1 heterocycles. The summed E-state index contributed by atoms with van der Waals surface area (Å²) in [6.07, 6.45) is 0.205. The van der Waals surface area contributed by atoms with Crippen LogP contribution in [0.3, 0.4) is 0 Å². The summed E-state index contributed by atoms with van der Waals surface area (Å²) < 4.78 is 6.83. The average Bonchev–Trinajstić information content (AvgIpc) is 3.13. The molecule has 1 N–H and O–H groups in total. The maximum atomic E-state index is 12.7. The van der Waals surface area contributed by atoms with E-state index >= 15 is 0 Å². The maximum Gasteiger partial charge on any atom is 0.229 e. The van der Waals surface area contributed by atoms with Crippen LogP contribution >= 0.6 is 15.9 Å². The van der Waals surface area contributed by atoms with E-state index in [9.17, 15) is 9.59 Å². The van der Waals surface area contributed by atoms with Gasteiger partial charge in [0.25, 0.3) is 0 Å². The fourth-order valence-electron chi connectivity index (χ4n) is 3.40. The third-order valence-corrected chi connectivity index (χ3v) is 5.61. The molecule has 0 aromatic heterocycles. The molecule has 3 aromatic carbocycles. The largest absolute Gasteiger partial charge is 0.457 e. The van der Waals surface area contributed by atoms with E-state index in [4.69, 9.17) is 4.74 Å². The Labute approximate surface area is 183 Å². The van der Waals surface area contributed by atoms with Gasteiger partial charge in [-0.15, -0.1) is 0 Å². The first kappa shape index (κ1) is 20.2. The van der Waals surface area contributed by atoms with Crippen molar-refractivity contribution in [1.29, 1.82) is 0 Å². The van der Waals surface area contributed by atoms with E-state index in [1.807, 2.05) is 67.6 Å². The van der Waals surface area contributed by atoms with Gasteiger partial charge in [-0.3, -0.25) is 9.59 Å². The number of hydrogen-bond acceptors (Lipinski definition) is 3. The number of ether oxygens (including phenoxy) is 1. The Hall–Kier alpha value is -3.12. The highest BCUT2D eigenvalue weighted by Gasteiger charge is 2.35. The number of nitrogens with zero attached hydrogens (tertiary/aromatic N) is 1. The molecule has 0 unspecified atom stereocenters. The van der Waals surface area contributed by atoms with E-state index in [1.54, 1.807) is 17.0 Å². The summed E-state index contributed by atoms with van der Waals surface area (Å²) in [5, 5.41) is 2.91. The minimum absolute atomic E-state index is 0.0422. The number of rotatable bonds is 5. The lowest BCUT2D eigenvalue weighted by Crippen LogP contribution is -2.28. The van der Waals surface area contributed by atoms with Crippen molar-refractivity contribution in [2.75, 3.05) is 16.8 Å². The average molecular weight is 465 g/mol. The van der Waals surface area contributed by atoms with E-state index in [2.05, 4.69) is 21.2 Å². The molecule has 0 radical (unpaired) electrons. The van der Waals surface area contributed by atoms with Crippen molar-refractivity contribution in [2.24, 2.45) is 5.92 Å². The Morgan fingerprint density at radius 3 is 2.43 bits per heavy atom. The van der Waals surface area contributed by atoms with Gasteiger partial charge in [0.1, 0.15) is 11.5 Å². The van der Waals surface area contributed by atoms with Crippen molar-refractivity contribution in [3.8, 4) is 11.5 Å². The minimum Gasteiger partial charge on any atom is -0.457 e. The summed E-state index contributed by atoms with van der Waals surface area (Å²) in [6, 6.07) is 22.5. The van der Waals surface area contributed by atoms with Crippen LogP contribution in [0.4, 0.5) is 11.4 Å². The Bertz CT molecular complexity index is 1060. The number of anilines is 2. The summed E-state index contributed by atoms with van der Waals surface area (Å²) in [4.78, 5) is 26.7. The third kappa shape index (κ3) is 4.54. The summed E-state index contributed by atoms with van der Waals surface area (Å²) >= 11 is 3.39. The predicted molar refractivity (Wildman–Crippen MR) is 121 cm³/mol. The second-order valence-corrected chi connectivity index (χ2v) is 8.18. The monoisotopic (exact) mass is 464 g/mol. The first-order valence-corrected chi connectivity index (χ1v) is 10.5. The molecule has 0 saturated carbocycles. The molecular weight excluding hydrogens is 444 g/mol. The fraction of sp³-hybridized carbons (Fsp3) is 0.167. The Kier molecular flexibility index (Phi) is 5.86. The molecule has 3 aromatic rings. The third-order valence-electron chi connectivity index (χ3n) is 5.08. The summed E-state index contributed by atoms with van der Waals surface area (Å²) in [5.74, 6) is 0.908. The van der Waals surface area contributed by atoms with E-state index in [0.29, 0.717) is 18.0 Å². The van der Waals surface area contributed by atoms with Crippen molar-refractivity contribution in [3.63, 3.8) is 0 Å². The number of carbonyl (C=O) groups excluding carboxylic acids is 2. The van der Waals surface area contributed by atoms with Gasteiger partial charge in [-0.05, 0) is 67.1 Å². The number of amides is 2. The fourth-order valence-corrected chi connectivity index (χ4v) is 3.67. The van der Waals surface area contributed by atoms with E-state index in [1.165, 1.54) is 0 Å². The normalized spacial score (nSPS) is 15.9. The Balaban J connectivity index is 1.37. The Morgan fingerprint density at radius 1 is 1.03 bits per heavy atom. The molecule has 2 amide bonds. The molecule has 0 bridgehead atoms. The quantitative estimate of drug-likeness (QED) is 0.538. The minimum atomic E-state index is -0.385. The standard InChI is InChI=1S/C24H21BrN2O3/c1-16-4-2-3-5-22(16)30-21-12-8-19(9-13-21)26-24(29)17-14-23(28)27(15-17)20-10-6-18(25)7-11-20/h2-13,17H,14-15H2,1H3,(H,26,29)/t17-/m0/s1. The summed E-state index contributed by atoms with van der Waals surface area (Å²) in [6.45, 7) is 2.37. The SMILES string of the molecule is Cc1ccccc1Oc1ccc(NC(=O)[C@H]2CC(=O)N(c3ccc(Br)cc3)C2)cc1. The number of carbonyl (C=O) groups is 2. The molecule has 1 saturated heterocycles. The van der Waals surface area contributed by atoms with Crippen LogP contribution in [0.2, 0.25) is 0 Å². The van der Waals surface area contributed by atoms with Gasteiger partial charge in [0.2, 0.25) is 11.8 Å². The molecule has 0 spiro atoms. The van der Waals surface area contributed by atoms with Crippen LogP contribution in [-0.4, -0.2) is 18.4 Å². The molecule has 0 aliphatic carbocycles. The van der Waals surface area contributed by atoms with Crippen molar-refractivity contribution >= 4 is 39.1 Å². The smallest absolute Gasteiger partial charge is 0.229 e. The van der Waals surface area contributed by atoms with Gasteiger partial charge in [0, 0.05) is 28.8 Å². The highest BCUT2D eigenvalue weighted by molar-refractivity contribution is 9.10. The van der Waals surface area contributed by atoms with Crippen LogP contribution in [0.15, 0.2) is 77.3 Å². The maximum absolute atomic E-state index is 12.7. The second-order valence-electron chi connectivity index (χ2n) is 7.26. The molecule has 1 aliphatic heterocycles. The van der Waals surface area contributed by atoms with Gasteiger partial charge >= 0.3 is 0 Å². The first-order chi connectivity index (χ1) is 14.5. The van der Waals surface area contributed by atoms with Crippen LogP contribution in [0.5, 0.6) is 11.5 Å². The molecule has 1 fully saturated rings. The topological polar surface area (TPSA) is 58.6 Å². The van der Waals surface area contributed by atoms with Crippen LogP contribution in [0, 0.1) is 12.8 Å². The molecule has 4 rings (SSSR count). The van der Waals surface area contributed by atoms with Crippen molar-refractivity contribution in [3.05, 3.63) is 82.8 Å². The molecule has 152 valence electrons. The van der Waals surface area contributed by atoms with Gasteiger partial charge in [0.05, 0.1) is 5.92 Å². The summed E-state index contributed by atoms with van der Waals surface area (Å²) in [5.41, 5.74) is 2.53. The lowest BCUT2D eigenvalue weighted by molar-refractivity contribution is -0.122. The zero-order valence-corrected chi connectivity index (χ0v) is 18.1. The summed E-state index contributed by atoms with van der Waals surface area (Å²) in [7, 11) is 0. The first-order valence-electron chi connectivity index (χ1n) is 9.70. The molecule has 1 atom stereocenters. The highest BCUT2D eigenvalue weighted by Crippen LogP contribution is 2.28. The number of aryl methyl sites for hydroxylation is 1. The van der Waals surface area contributed by atoms with Gasteiger partial charge < -0.3 is 15.0 Å². The van der Waals surface area contributed by atoms with Gasteiger partial charge in [-0.1, -0.05) is 34.1 Å². The van der Waals surface area contributed by atoms with E-state index < -0.39 is 0 Å². The Morgan fingerprint density at radius 2 is 1.73 bits per heavy atom. The number of nitrogens with one attached hydrogen (secondary N) is 1. The zero-order valence-electron chi connectivity index (χ0n) is 16.5. The number of benzene rings is 3. The predicted octanol–water partition coefficient (Wildman–Crippen LogP) is 5.54. The molecule has 6 heteroatoms. The van der Waals surface area contributed by atoms with E-state index in [0.717, 1.165) is 21.5 Å². The van der Waals surface area contributed by atoms with Crippen LogP contribution in [0.1, 0.15) is 12.0 Å². The molecule has 30 heavy (non-hydrogen) atoms. The van der Waals surface area contributed by atoms with Crippen molar-refractivity contribution in [2.45, 2.75) is 13.3 Å². The van der Waals surface area contributed by atoms with Crippen molar-refractivity contribution in [1.82, 2.24) is 0 Å². The molecular formula is C24H21BrN2O3.